The van der Waals surface area contributed by atoms with Crippen molar-refractivity contribution < 1.29 is 9.53 Å². The van der Waals surface area contributed by atoms with Crippen LogP contribution in [0.3, 0.4) is 0 Å². The summed E-state index contributed by atoms with van der Waals surface area (Å²) in [5.41, 5.74) is 4.57. The van der Waals surface area contributed by atoms with E-state index in [4.69, 9.17) is 4.74 Å². The summed E-state index contributed by atoms with van der Waals surface area (Å²) in [4.78, 5) is 16.0. The molecule has 20 heavy (non-hydrogen) atoms. The van der Waals surface area contributed by atoms with Crippen molar-refractivity contribution >= 4 is 11.6 Å². The van der Waals surface area contributed by atoms with Crippen LogP contribution in [0.1, 0.15) is 22.8 Å². The number of para-hydroxylation sites is 1. The summed E-state index contributed by atoms with van der Waals surface area (Å²) in [6.07, 6.45) is 3.35. The second kappa shape index (κ2) is 6.47. The quantitative estimate of drug-likeness (QED) is 0.684. The Morgan fingerprint density at radius 3 is 2.60 bits per heavy atom. The van der Waals surface area contributed by atoms with Gasteiger partial charge in [0.25, 0.3) is 5.91 Å². The van der Waals surface area contributed by atoms with E-state index in [0.717, 1.165) is 5.56 Å². The fourth-order valence-corrected chi connectivity index (χ4v) is 1.68. The molecular weight excluding hydrogens is 254 g/mol. The number of hydrogen-bond acceptors (Lipinski definition) is 4. The van der Waals surface area contributed by atoms with Gasteiger partial charge >= 0.3 is 0 Å². The van der Waals surface area contributed by atoms with Crippen LogP contribution in [0, 0.1) is 0 Å². The van der Waals surface area contributed by atoms with Gasteiger partial charge in [-0.05, 0) is 31.2 Å². The maximum absolute atomic E-state index is 12.0. The van der Waals surface area contributed by atoms with Gasteiger partial charge in [-0.2, -0.15) is 5.10 Å². The number of hydrogen-bond donors (Lipinski definition) is 1. The van der Waals surface area contributed by atoms with Crippen molar-refractivity contribution in [1.82, 2.24) is 10.4 Å². The first kappa shape index (κ1) is 13.7. The Hall–Kier alpha value is -2.69. The van der Waals surface area contributed by atoms with Crippen LogP contribution < -0.4 is 10.2 Å². The highest BCUT2D eigenvalue weighted by atomic mass is 16.5. The van der Waals surface area contributed by atoms with E-state index in [0.29, 0.717) is 17.0 Å². The van der Waals surface area contributed by atoms with Crippen LogP contribution in [-0.4, -0.2) is 23.7 Å². The van der Waals surface area contributed by atoms with Gasteiger partial charge in [-0.1, -0.05) is 12.1 Å². The fourth-order valence-electron chi connectivity index (χ4n) is 1.68. The summed E-state index contributed by atoms with van der Waals surface area (Å²) in [7, 11) is 1.53. The monoisotopic (exact) mass is 269 g/mol. The van der Waals surface area contributed by atoms with Crippen molar-refractivity contribution in [2.45, 2.75) is 6.92 Å². The molecule has 0 aliphatic heterocycles. The lowest BCUT2D eigenvalue weighted by Gasteiger charge is -2.07. The zero-order valence-corrected chi connectivity index (χ0v) is 11.3. The molecule has 1 aromatic carbocycles. The van der Waals surface area contributed by atoms with E-state index in [2.05, 4.69) is 15.5 Å². The van der Waals surface area contributed by atoms with Crippen LogP contribution in [0.4, 0.5) is 0 Å². The normalized spacial score (nSPS) is 11.0. The van der Waals surface area contributed by atoms with E-state index < -0.39 is 0 Å². The number of ether oxygens (including phenoxy) is 1. The summed E-state index contributed by atoms with van der Waals surface area (Å²) in [5, 5.41) is 4.08. The Morgan fingerprint density at radius 1 is 1.20 bits per heavy atom. The predicted octanol–water partition coefficient (Wildman–Crippen LogP) is 2.24. The summed E-state index contributed by atoms with van der Waals surface area (Å²) in [5.74, 6) is 0.206. The van der Waals surface area contributed by atoms with Gasteiger partial charge in [0.2, 0.25) is 0 Å². The van der Waals surface area contributed by atoms with Crippen LogP contribution >= 0.6 is 0 Å². The first-order valence-electron chi connectivity index (χ1n) is 6.10. The molecule has 2 rings (SSSR count). The number of carbonyl (C=O) groups is 1. The summed E-state index contributed by atoms with van der Waals surface area (Å²) >= 11 is 0. The van der Waals surface area contributed by atoms with Crippen LogP contribution in [0.5, 0.6) is 5.75 Å². The van der Waals surface area contributed by atoms with Crippen molar-refractivity contribution in [3.8, 4) is 5.75 Å². The molecule has 2 aromatic rings. The van der Waals surface area contributed by atoms with Gasteiger partial charge in [0, 0.05) is 18.0 Å². The zero-order chi connectivity index (χ0) is 14.4. The van der Waals surface area contributed by atoms with E-state index in [-0.39, 0.29) is 5.91 Å². The highest BCUT2D eigenvalue weighted by Gasteiger charge is 2.10. The average molecular weight is 269 g/mol. The van der Waals surface area contributed by atoms with Crippen LogP contribution in [0.15, 0.2) is 53.9 Å². The van der Waals surface area contributed by atoms with Crippen LogP contribution in [0.25, 0.3) is 0 Å². The molecule has 0 radical (unpaired) electrons. The first-order valence-corrected chi connectivity index (χ1v) is 6.10. The minimum absolute atomic E-state index is 0.309. The first-order chi connectivity index (χ1) is 9.72. The summed E-state index contributed by atoms with van der Waals surface area (Å²) in [6.45, 7) is 1.82. The molecule has 102 valence electrons. The molecule has 0 fully saturated rings. The predicted molar refractivity (Wildman–Crippen MR) is 76.9 cm³/mol. The number of rotatable bonds is 4. The number of nitrogens with one attached hydrogen (secondary N) is 1. The van der Waals surface area contributed by atoms with Gasteiger partial charge < -0.3 is 4.74 Å². The topological polar surface area (TPSA) is 63.6 Å². The third-order valence-electron chi connectivity index (χ3n) is 2.77. The zero-order valence-electron chi connectivity index (χ0n) is 11.3. The molecule has 0 unspecified atom stereocenters. The average Bonchev–Trinajstić information content (AvgIpc) is 2.53. The lowest BCUT2D eigenvalue weighted by atomic mass is 10.2. The third-order valence-corrected chi connectivity index (χ3v) is 2.77. The van der Waals surface area contributed by atoms with Gasteiger partial charge in [-0.3, -0.25) is 9.78 Å². The largest absolute Gasteiger partial charge is 0.496 e. The lowest BCUT2D eigenvalue weighted by Crippen LogP contribution is -2.20. The van der Waals surface area contributed by atoms with Crippen LogP contribution in [-0.2, 0) is 0 Å². The molecule has 0 saturated carbocycles. The molecule has 0 bridgehead atoms. The Bertz CT molecular complexity index is 624. The second-order valence-corrected chi connectivity index (χ2v) is 4.07. The number of pyridine rings is 1. The maximum Gasteiger partial charge on any atom is 0.275 e. The molecule has 1 aromatic heterocycles. The minimum Gasteiger partial charge on any atom is -0.496 e. The number of hydrazone groups is 1. The number of methoxy groups -OCH3 is 1. The van der Waals surface area contributed by atoms with Gasteiger partial charge in [0.1, 0.15) is 5.75 Å². The molecule has 1 heterocycles. The number of aromatic nitrogens is 1. The Morgan fingerprint density at radius 2 is 1.90 bits per heavy atom. The van der Waals surface area contributed by atoms with Gasteiger partial charge in [0.05, 0.1) is 18.4 Å². The third kappa shape index (κ3) is 3.20. The molecule has 5 heteroatoms. The second-order valence-electron chi connectivity index (χ2n) is 4.07. The lowest BCUT2D eigenvalue weighted by molar-refractivity contribution is 0.0952. The highest BCUT2D eigenvalue weighted by molar-refractivity contribution is 6.01. The molecule has 1 N–H and O–H groups in total. The van der Waals surface area contributed by atoms with Crippen molar-refractivity contribution in [3.05, 3.63) is 59.9 Å². The van der Waals surface area contributed by atoms with E-state index in [1.165, 1.54) is 7.11 Å². The molecule has 0 saturated heterocycles. The number of benzene rings is 1. The van der Waals surface area contributed by atoms with Gasteiger partial charge in [-0.25, -0.2) is 5.43 Å². The Kier molecular flexibility index (Phi) is 4.44. The van der Waals surface area contributed by atoms with E-state index in [1.807, 2.05) is 19.1 Å². The maximum atomic E-state index is 12.0. The van der Waals surface area contributed by atoms with E-state index in [1.54, 1.807) is 36.7 Å². The smallest absolute Gasteiger partial charge is 0.275 e. The molecule has 0 atom stereocenters. The molecule has 0 aliphatic rings. The van der Waals surface area contributed by atoms with Gasteiger partial charge in [0.15, 0.2) is 0 Å². The van der Waals surface area contributed by atoms with Crippen molar-refractivity contribution in [2.75, 3.05) is 7.11 Å². The van der Waals surface area contributed by atoms with E-state index >= 15 is 0 Å². The van der Waals surface area contributed by atoms with Crippen LogP contribution in [0.2, 0.25) is 0 Å². The number of amides is 1. The number of nitrogens with zero attached hydrogens (tertiary/aromatic N) is 2. The minimum atomic E-state index is -0.309. The summed E-state index contributed by atoms with van der Waals surface area (Å²) in [6, 6.07) is 10.7. The summed E-state index contributed by atoms with van der Waals surface area (Å²) < 4.78 is 5.14. The number of carbonyl (C=O) groups excluding carboxylic acids is 1. The molecule has 5 nitrogen and oxygen atoms in total. The SMILES string of the molecule is COc1ccccc1C(=O)N/N=C(/C)c1ccncc1. The standard InChI is InChI=1S/C15H15N3O2/c1-11(12-7-9-16-10-8-12)17-18-15(19)13-5-3-4-6-14(13)20-2/h3-10H,1-2H3,(H,18,19)/b17-11-. The van der Waals surface area contributed by atoms with E-state index in [9.17, 15) is 4.79 Å². The molecule has 0 aliphatic carbocycles. The Balaban J connectivity index is 2.12. The Labute approximate surface area is 117 Å². The van der Waals surface area contributed by atoms with Crippen molar-refractivity contribution in [2.24, 2.45) is 5.10 Å². The molecular formula is C15H15N3O2. The molecule has 1 amide bonds. The van der Waals surface area contributed by atoms with Crippen molar-refractivity contribution in [3.63, 3.8) is 0 Å². The fraction of sp³-hybridized carbons (Fsp3) is 0.133. The van der Waals surface area contributed by atoms with Gasteiger partial charge in [-0.15, -0.1) is 0 Å². The molecule has 0 spiro atoms. The highest BCUT2D eigenvalue weighted by Crippen LogP contribution is 2.16. The van der Waals surface area contributed by atoms with Crippen molar-refractivity contribution in [1.29, 1.82) is 0 Å².